The Bertz CT molecular complexity index is 474. The summed E-state index contributed by atoms with van der Waals surface area (Å²) in [5.41, 5.74) is 3.46. The maximum Gasteiger partial charge on any atom is 0.0603 e. The Hall–Kier alpha value is -1.77. The molecule has 0 aromatic carbocycles. The van der Waals surface area contributed by atoms with Crippen LogP contribution >= 0.6 is 0 Å². The van der Waals surface area contributed by atoms with Gasteiger partial charge in [0.05, 0.1) is 11.4 Å². The zero-order chi connectivity index (χ0) is 12.1. The van der Waals surface area contributed by atoms with Crippen LogP contribution in [0.2, 0.25) is 0 Å². The molecule has 0 aliphatic heterocycles. The fraction of sp³-hybridized carbons (Fsp3) is 0.357. The summed E-state index contributed by atoms with van der Waals surface area (Å²) >= 11 is 0. The van der Waals surface area contributed by atoms with E-state index < -0.39 is 0 Å². The summed E-state index contributed by atoms with van der Waals surface area (Å²) in [7, 11) is 0. The van der Waals surface area contributed by atoms with Crippen LogP contribution in [0.4, 0.5) is 5.69 Å². The lowest BCUT2D eigenvalue weighted by Crippen LogP contribution is -2.01. The van der Waals surface area contributed by atoms with E-state index in [1.807, 2.05) is 19.2 Å². The lowest BCUT2D eigenvalue weighted by Gasteiger charge is -2.07. The topological polar surface area (TPSA) is 29.9 Å². The van der Waals surface area contributed by atoms with Gasteiger partial charge < -0.3 is 9.88 Å². The smallest absolute Gasteiger partial charge is 0.0603 e. The van der Waals surface area contributed by atoms with E-state index in [0.717, 1.165) is 24.5 Å². The zero-order valence-electron chi connectivity index (χ0n) is 10.5. The molecule has 3 nitrogen and oxygen atoms in total. The number of aryl methyl sites for hydroxylation is 2. The zero-order valence-corrected chi connectivity index (χ0v) is 10.5. The van der Waals surface area contributed by atoms with Gasteiger partial charge >= 0.3 is 0 Å². The Morgan fingerprint density at radius 2 is 2.24 bits per heavy atom. The fourth-order valence-corrected chi connectivity index (χ4v) is 1.86. The molecule has 0 atom stereocenters. The summed E-state index contributed by atoms with van der Waals surface area (Å²) in [6.45, 7) is 6.15. The molecule has 2 rings (SSSR count). The molecular formula is C14H19N3. The third kappa shape index (κ3) is 3.09. The van der Waals surface area contributed by atoms with Crippen LogP contribution in [0.3, 0.4) is 0 Å². The van der Waals surface area contributed by atoms with E-state index in [0.29, 0.717) is 0 Å². The second-order valence-electron chi connectivity index (χ2n) is 4.25. The molecule has 0 radical (unpaired) electrons. The third-order valence-corrected chi connectivity index (χ3v) is 2.78. The molecule has 0 unspecified atom stereocenters. The highest BCUT2D eigenvalue weighted by Gasteiger charge is 1.99. The average Bonchev–Trinajstić information content (AvgIpc) is 2.76. The second-order valence-corrected chi connectivity index (χ2v) is 4.25. The third-order valence-electron chi connectivity index (χ3n) is 2.78. The van der Waals surface area contributed by atoms with Crippen molar-refractivity contribution in [3.63, 3.8) is 0 Å². The molecule has 0 saturated carbocycles. The first-order chi connectivity index (χ1) is 8.29. The Balaban J connectivity index is 1.95. The summed E-state index contributed by atoms with van der Waals surface area (Å²) in [4.78, 5) is 4.26. The number of nitrogens with zero attached hydrogens (tertiary/aromatic N) is 2. The average molecular weight is 229 g/mol. The van der Waals surface area contributed by atoms with Crippen LogP contribution in [0.1, 0.15) is 24.6 Å². The molecule has 0 amide bonds. The van der Waals surface area contributed by atoms with Crippen molar-refractivity contribution in [3.05, 3.63) is 48.0 Å². The predicted octanol–water partition coefficient (Wildman–Crippen LogP) is 3.21. The summed E-state index contributed by atoms with van der Waals surface area (Å²) in [5, 5.41) is 3.41. The minimum absolute atomic E-state index is 0.850. The minimum atomic E-state index is 0.850. The molecule has 90 valence electrons. The number of nitrogens with one attached hydrogen (secondary N) is 1. The van der Waals surface area contributed by atoms with E-state index in [1.165, 1.54) is 12.0 Å². The maximum absolute atomic E-state index is 4.26. The highest BCUT2D eigenvalue weighted by molar-refractivity contribution is 5.46. The van der Waals surface area contributed by atoms with Gasteiger partial charge in [0.25, 0.3) is 0 Å². The highest BCUT2D eigenvalue weighted by atomic mass is 14.9. The second kappa shape index (κ2) is 5.53. The maximum atomic E-state index is 4.26. The number of anilines is 1. The number of hydrogen-bond acceptors (Lipinski definition) is 2. The molecule has 3 heteroatoms. The van der Waals surface area contributed by atoms with Crippen LogP contribution in [-0.2, 0) is 13.1 Å². The van der Waals surface area contributed by atoms with Gasteiger partial charge in [-0.05, 0) is 37.1 Å². The van der Waals surface area contributed by atoms with Gasteiger partial charge in [-0.25, -0.2) is 0 Å². The van der Waals surface area contributed by atoms with Crippen molar-refractivity contribution >= 4 is 5.69 Å². The van der Waals surface area contributed by atoms with Crippen LogP contribution in [0.5, 0.6) is 0 Å². The van der Waals surface area contributed by atoms with Crippen LogP contribution < -0.4 is 5.32 Å². The standard InChI is InChI=1S/C14H19N3/c1-3-8-17-9-6-13(11-17)10-16-14-5-4-7-15-12(14)2/h4-7,9,11,16H,3,8,10H2,1-2H3. The van der Waals surface area contributed by atoms with Gasteiger partial charge in [-0.15, -0.1) is 0 Å². The molecule has 2 aromatic rings. The summed E-state index contributed by atoms with van der Waals surface area (Å²) < 4.78 is 2.23. The summed E-state index contributed by atoms with van der Waals surface area (Å²) in [6.07, 6.45) is 7.32. The molecule has 0 bridgehead atoms. The van der Waals surface area contributed by atoms with Gasteiger partial charge in [-0.3, -0.25) is 4.98 Å². The van der Waals surface area contributed by atoms with E-state index >= 15 is 0 Å². The number of pyridine rings is 1. The van der Waals surface area contributed by atoms with Crippen molar-refractivity contribution in [2.75, 3.05) is 5.32 Å². The van der Waals surface area contributed by atoms with Gasteiger partial charge in [0, 0.05) is 31.7 Å². The molecule has 0 aliphatic rings. The number of rotatable bonds is 5. The SMILES string of the molecule is CCCn1ccc(CNc2cccnc2C)c1. The Morgan fingerprint density at radius 1 is 1.35 bits per heavy atom. The lowest BCUT2D eigenvalue weighted by atomic mass is 10.3. The van der Waals surface area contributed by atoms with Crippen molar-refractivity contribution in [3.8, 4) is 0 Å². The monoisotopic (exact) mass is 229 g/mol. The Kier molecular flexibility index (Phi) is 3.81. The number of aromatic nitrogens is 2. The molecule has 0 fully saturated rings. The van der Waals surface area contributed by atoms with Crippen LogP contribution in [0, 0.1) is 6.92 Å². The normalized spacial score (nSPS) is 10.5. The van der Waals surface area contributed by atoms with E-state index in [1.54, 1.807) is 0 Å². The van der Waals surface area contributed by atoms with Gasteiger partial charge in [0.15, 0.2) is 0 Å². The fourth-order valence-electron chi connectivity index (χ4n) is 1.86. The molecule has 2 aromatic heterocycles. The Morgan fingerprint density at radius 3 is 3.00 bits per heavy atom. The lowest BCUT2D eigenvalue weighted by molar-refractivity contribution is 0.681. The van der Waals surface area contributed by atoms with Crippen molar-refractivity contribution < 1.29 is 0 Å². The predicted molar refractivity (Wildman–Crippen MR) is 71.0 cm³/mol. The highest BCUT2D eigenvalue weighted by Crippen LogP contribution is 2.12. The van der Waals surface area contributed by atoms with Crippen LogP contribution in [-0.4, -0.2) is 9.55 Å². The molecule has 0 spiro atoms. The largest absolute Gasteiger partial charge is 0.379 e. The van der Waals surface area contributed by atoms with Crippen LogP contribution in [0.15, 0.2) is 36.8 Å². The van der Waals surface area contributed by atoms with Gasteiger partial charge in [-0.1, -0.05) is 6.92 Å². The number of hydrogen-bond donors (Lipinski definition) is 1. The molecule has 0 aliphatic carbocycles. The Labute approximate surface area is 103 Å². The summed E-state index contributed by atoms with van der Waals surface area (Å²) in [6, 6.07) is 6.18. The van der Waals surface area contributed by atoms with Gasteiger partial charge in [0.1, 0.15) is 0 Å². The minimum Gasteiger partial charge on any atom is -0.379 e. The van der Waals surface area contributed by atoms with Crippen molar-refractivity contribution in [2.24, 2.45) is 0 Å². The quantitative estimate of drug-likeness (QED) is 0.853. The first-order valence-corrected chi connectivity index (χ1v) is 6.09. The molecule has 2 heterocycles. The van der Waals surface area contributed by atoms with Crippen molar-refractivity contribution in [1.82, 2.24) is 9.55 Å². The first kappa shape index (κ1) is 11.7. The van der Waals surface area contributed by atoms with E-state index in [-0.39, 0.29) is 0 Å². The van der Waals surface area contributed by atoms with E-state index in [9.17, 15) is 0 Å². The van der Waals surface area contributed by atoms with E-state index in [2.05, 4.69) is 46.3 Å². The molecule has 17 heavy (non-hydrogen) atoms. The van der Waals surface area contributed by atoms with Gasteiger partial charge in [0.2, 0.25) is 0 Å². The van der Waals surface area contributed by atoms with Crippen LogP contribution in [0.25, 0.3) is 0 Å². The molecule has 1 N–H and O–H groups in total. The van der Waals surface area contributed by atoms with Crippen molar-refractivity contribution in [1.29, 1.82) is 0 Å². The summed E-state index contributed by atoms with van der Waals surface area (Å²) in [5.74, 6) is 0. The van der Waals surface area contributed by atoms with Gasteiger partial charge in [-0.2, -0.15) is 0 Å². The van der Waals surface area contributed by atoms with E-state index in [4.69, 9.17) is 0 Å². The molecular weight excluding hydrogens is 210 g/mol. The first-order valence-electron chi connectivity index (χ1n) is 6.09. The van der Waals surface area contributed by atoms with Crippen molar-refractivity contribution in [2.45, 2.75) is 33.4 Å². The molecule has 0 saturated heterocycles.